The number of aryl methyl sites for hydroxylation is 2. The molecule has 176 valence electrons. The molecule has 2 nitrogen and oxygen atoms in total. The van der Waals surface area contributed by atoms with Crippen LogP contribution >= 0.6 is 57.5 Å². The van der Waals surface area contributed by atoms with Crippen molar-refractivity contribution in [3.8, 4) is 9.75 Å². The van der Waals surface area contributed by atoms with Gasteiger partial charge in [0.05, 0.1) is 18.5 Å². The molecule has 0 aliphatic carbocycles. The first-order valence-corrected chi connectivity index (χ1v) is 16.0. The Labute approximate surface area is 217 Å². The lowest BCUT2D eigenvalue weighted by Crippen LogP contribution is -1.95. The predicted octanol–water partition coefficient (Wildman–Crippen LogP) is 8.51. The Morgan fingerprint density at radius 2 is 1.42 bits per heavy atom. The number of thiophene rings is 3. The molecular formula is C26H30O2S5. The zero-order valence-electron chi connectivity index (χ0n) is 19.1. The highest BCUT2D eigenvalue weighted by Gasteiger charge is 2.41. The van der Waals surface area contributed by atoms with Gasteiger partial charge in [-0.1, -0.05) is 32.8 Å². The van der Waals surface area contributed by atoms with Crippen LogP contribution in [0.1, 0.15) is 75.4 Å². The molecule has 3 aromatic rings. The standard InChI is InChI=1S/C26H30O2S5/c1-3-5-7-15-9-17(13-27)29-23(15)19-11-21-25(32-19)26-22(31-21)12-20(33-26)24-16(8-6-4-2)10-18(14-28)30-24/h9-12,21,25,27-28H,3-8,13-14H2,1-2H3. The van der Waals surface area contributed by atoms with E-state index in [2.05, 4.69) is 38.1 Å². The summed E-state index contributed by atoms with van der Waals surface area (Å²) in [6.45, 7) is 4.75. The maximum absolute atomic E-state index is 9.71. The van der Waals surface area contributed by atoms with Crippen molar-refractivity contribution < 1.29 is 10.2 Å². The number of rotatable bonds is 10. The Morgan fingerprint density at radius 1 is 0.788 bits per heavy atom. The first kappa shape index (κ1) is 24.2. The van der Waals surface area contributed by atoms with Crippen molar-refractivity contribution in [2.24, 2.45) is 0 Å². The van der Waals surface area contributed by atoms with Crippen molar-refractivity contribution in [3.05, 3.63) is 54.9 Å². The third-order valence-corrected chi connectivity index (χ3v) is 13.2. The highest BCUT2D eigenvalue weighted by molar-refractivity contribution is 8.11. The molecule has 2 unspecified atom stereocenters. The molecule has 0 radical (unpaired) electrons. The summed E-state index contributed by atoms with van der Waals surface area (Å²) in [4.78, 5) is 10.7. The van der Waals surface area contributed by atoms with Crippen molar-refractivity contribution >= 4 is 62.4 Å². The van der Waals surface area contributed by atoms with E-state index in [9.17, 15) is 10.2 Å². The van der Waals surface area contributed by atoms with Gasteiger partial charge in [0.25, 0.3) is 0 Å². The third-order valence-electron chi connectivity index (χ3n) is 6.19. The molecule has 0 amide bonds. The van der Waals surface area contributed by atoms with Crippen LogP contribution in [0.4, 0.5) is 0 Å². The number of aliphatic hydroxyl groups is 2. The van der Waals surface area contributed by atoms with Gasteiger partial charge < -0.3 is 10.2 Å². The molecule has 0 aromatic carbocycles. The fourth-order valence-corrected chi connectivity index (χ4v) is 11.6. The molecule has 5 rings (SSSR count). The summed E-state index contributed by atoms with van der Waals surface area (Å²) in [5, 5.41) is 20.4. The molecule has 0 fully saturated rings. The van der Waals surface area contributed by atoms with E-state index in [0.717, 1.165) is 22.6 Å². The second kappa shape index (κ2) is 10.6. The number of thioether (sulfide) groups is 2. The number of fused-ring (bicyclic) bond motifs is 3. The van der Waals surface area contributed by atoms with Crippen LogP contribution in [0.25, 0.3) is 14.7 Å². The van der Waals surface area contributed by atoms with Crippen LogP contribution in [0.15, 0.2) is 29.2 Å². The number of unbranched alkanes of at least 4 members (excludes halogenated alkanes) is 2. The van der Waals surface area contributed by atoms with Gasteiger partial charge in [0, 0.05) is 44.3 Å². The molecule has 2 aliphatic heterocycles. The summed E-state index contributed by atoms with van der Waals surface area (Å²) in [5.74, 6) is 0. The minimum Gasteiger partial charge on any atom is -0.391 e. The van der Waals surface area contributed by atoms with Gasteiger partial charge in [-0.25, -0.2) is 0 Å². The zero-order valence-corrected chi connectivity index (χ0v) is 23.1. The molecule has 0 saturated carbocycles. The second-order valence-corrected chi connectivity index (χ2v) is 14.4. The maximum Gasteiger partial charge on any atom is 0.0774 e. The van der Waals surface area contributed by atoms with Gasteiger partial charge >= 0.3 is 0 Å². The van der Waals surface area contributed by atoms with Crippen LogP contribution in [0.5, 0.6) is 0 Å². The first-order valence-electron chi connectivity index (χ1n) is 11.8. The van der Waals surface area contributed by atoms with E-state index < -0.39 is 0 Å². The Kier molecular flexibility index (Phi) is 7.77. The van der Waals surface area contributed by atoms with Gasteiger partial charge in [0.1, 0.15) is 0 Å². The Balaban J connectivity index is 1.39. The first-order chi connectivity index (χ1) is 16.1. The van der Waals surface area contributed by atoms with Crippen molar-refractivity contribution in [2.75, 3.05) is 0 Å². The minimum absolute atomic E-state index is 0.133. The van der Waals surface area contributed by atoms with E-state index in [1.54, 1.807) is 22.7 Å². The van der Waals surface area contributed by atoms with Crippen LogP contribution in [-0.2, 0) is 26.1 Å². The van der Waals surface area contributed by atoms with Crippen LogP contribution in [0.2, 0.25) is 0 Å². The lowest BCUT2D eigenvalue weighted by molar-refractivity contribution is 0.285. The van der Waals surface area contributed by atoms with Gasteiger partial charge in [-0.2, -0.15) is 0 Å². The van der Waals surface area contributed by atoms with Gasteiger partial charge in [-0.3, -0.25) is 0 Å². The summed E-state index contributed by atoms with van der Waals surface area (Å²) in [6, 6.07) is 6.84. The lowest BCUT2D eigenvalue weighted by atomic mass is 10.1. The summed E-state index contributed by atoms with van der Waals surface area (Å²) < 4.78 is 0. The molecule has 0 spiro atoms. The van der Waals surface area contributed by atoms with Crippen molar-refractivity contribution in [3.63, 3.8) is 0 Å². The van der Waals surface area contributed by atoms with Crippen molar-refractivity contribution in [1.82, 2.24) is 0 Å². The number of hydrogen-bond donors (Lipinski definition) is 2. The normalized spacial score (nSPS) is 19.2. The Hall–Kier alpha value is -0.540. The average molecular weight is 535 g/mol. The summed E-state index contributed by atoms with van der Waals surface area (Å²) in [7, 11) is 0. The highest BCUT2D eigenvalue weighted by atomic mass is 32.2. The Morgan fingerprint density at radius 3 is 2.06 bits per heavy atom. The van der Waals surface area contributed by atoms with E-state index in [1.165, 1.54) is 66.1 Å². The molecular weight excluding hydrogens is 505 g/mol. The van der Waals surface area contributed by atoms with E-state index >= 15 is 0 Å². The molecule has 33 heavy (non-hydrogen) atoms. The average Bonchev–Trinajstić information content (AvgIpc) is 3.61. The summed E-state index contributed by atoms with van der Waals surface area (Å²) >= 11 is 9.55. The van der Waals surface area contributed by atoms with Crippen LogP contribution in [0.3, 0.4) is 0 Å². The highest BCUT2D eigenvalue weighted by Crippen LogP contribution is 2.63. The summed E-state index contributed by atoms with van der Waals surface area (Å²) in [5.41, 5.74) is 2.82. The van der Waals surface area contributed by atoms with Crippen LogP contribution in [-0.4, -0.2) is 15.5 Å². The molecule has 3 aromatic heterocycles. The topological polar surface area (TPSA) is 40.5 Å². The van der Waals surface area contributed by atoms with E-state index in [4.69, 9.17) is 0 Å². The SMILES string of the molecule is CCCCc1cc(CO)sc1C1=CC2Sc3cc(-c4sc(CO)cc4CCCC)sc3C2S1. The maximum atomic E-state index is 9.71. The van der Waals surface area contributed by atoms with E-state index in [0.29, 0.717) is 10.5 Å². The molecule has 2 atom stereocenters. The summed E-state index contributed by atoms with van der Waals surface area (Å²) in [6.07, 6.45) is 9.45. The largest absolute Gasteiger partial charge is 0.391 e. The molecule has 2 aliphatic rings. The molecule has 2 N–H and O–H groups in total. The fourth-order valence-electron chi connectivity index (χ4n) is 4.50. The number of aliphatic hydroxyl groups excluding tert-OH is 2. The Bertz CT molecular complexity index is 1150. The third kappa shape index (κ3) is 4.80. The van der Waals surface area contributed by atoms with Crippen LogP contribution < -0.4 is 0 Å². The monoisotopic (exact) mass is 534 g/mol. The zero-order chi connectivity index (χ0) is 22.9. The van der Waals surface area contributed by atoms with Gasteiger partial charge in [-0.05, 0) is 55.0 Å². The predicted molar refractivity (Wildman–Crippen MR) is 149 cm³/mol. The molecule has 5 heterocycles. The van der Waals surface area contributed by atoms with Gasteiger partial charge in [0.2, 0.25) is 0 Å². The van der Waals surface area contributed by atoms with Gasteiger partial charge in [-0.15, -0.1) is 57.5 Å². The molecule has 7 heteroatoms. The van der Waals surface area contributed by atoms with Crippen LogP contribution in [0, 0.1) is 0 Å². The number of hydrogen-bond acceptors (Lipinski definition) is 7. The molecule has 0 bridgehead atoms. The minimum atomic E-state index is 0.133. The van der Waals surface area contributed by atoms with E-state index in [-0.39, 0.29) is 13.2 Å². The van der Waals surface area contributed by atoms with Crippen molar-refractivity contribution in [1.29, 1.82) is 0 Å². The van der Waals surface area contributed by atoms with E-state index in [1.807, 2.05) is 34.9 Å². The van der Waals surface area contributed by atoms with Gasteiger partial charge in [0.15, 0.2) is 0 Å². The smallest absolute Gasteiger partial charge is 0.0774 e. The second-order valence-electron chi connectivity index (χ2n) is 8.65. The fraction of sp³-hybridized carbons (Fsp3) is 0.462. The molecule has 0 saturated heterocycles. The quantitative estimate of drug-likeness (QED) is 0.273. The van der Waals surface area contributed by atoms with Crippen molar-refractivity contribution in [2.45, 2.75) is 81.0 Å². The lowest BCUT2D eigenvalue weighted by Gasteiger charge is -2.08.